The maximum atomic E-state index is 12.7. The number of hydrogen-bond donors (Lipinski definition) is 2. The minimum absolute atomic E-state index is 0.00212. The first-order valence-electron chi connectivity index (χ1n) is 13.0. The Labute approximate surface area is 197 Å². The Morgan fingerprint density at radius 3 is 2.61 bits per heavy atom. The summed E-state index contributed by atoms with van der Waals surface area (Å²) in [5, 5.41) is 23.2. The Morgan fingerprint density at radius 1 is 1.06 bits per heavy atom. The van der Waals surface area contributed by atoms with Gasteiger partial charge in [0.2, 0.25) is 0 Å². The van der Waals surface area contributed by atoms with Crippen LogP contribution in [0.15, 0.2) is 30.3 Å². The number of rotatable bonds is 9. The molecule has 0 bridgehead atoms. The summed E-state index contributed by atoms with van der Waals surface area (Å²) in [6, 6.07) is 9.62. The minimum Gasteiger partial charge on any atom is -0.508 e. The second-order valence-electron chi connectivity index (χ2n) is 11.0. The SMILES string of the molecule is CCCCCCCCCC(=O)OC1CC2CC23c2ccc4cc(O)ccc4c2C(O)C[C@]13C. The van der Waals surface area contributed by atoms with Crippen molar-refractivity contribution in [2.75, 3.05) is 0 Å². The predicted octanol–water partition coefficient (Wildman–Crippen LogP) is 6.70. The lowest BCUT2D eigenvalue weighted by molar-refractivity contribution is -0.158. The van der Waals surface area contributed by atoms with Crippen molar-refractivity contribution in [1.29, 1.82) is 0 Å². The Hall–Kier alpha value is -2.07. The third kappa shape index (κ3) is 3.65. The van der Waals surface area contributed by atoms with Gasteiger partial charge in [-0.15, -0.1) is 0 Å². The number of benzene rings is 2. The Kier molecular flexibility index (Phi) is 5.93. The van der Waals surface area contributed by atoms with E-state index in [-0.39, 0.29) is 28.7 Å². The molecule has 1 spiro atoms. The Bertz CT molecular complexity index is 1050. The average Bonchev–Trinajstić information content (AvgIpc) is 3.45. The van der Waals surface area contributed by atoms with Gasteiger partial charge in [-0.2, -0.15) is 0 Å². The fourth-order valence-corrected chi connectivity index (χ4v) is 7.29. The lowest BCUT2D eigenvalue weighted by Crippen LogP contribution is -2.45. The van der Waals surface area contributed by atoms with E-state index in [4.69, 9.17) is 4.74 Å². The van der Waals surface area contributed by atoms with Crippen LogP contribution in [0.5, 0.6) is 5.75 Å². The number of ether oxygens (including phenoxy) is 1. The first-order chi connectivity index (χ1) is 15.9. The highest BCUT2D eigenvalue weighted by atomic mass is 16.5. The molecule has 2 saturated carbocycles. The van der Waals surface area contributed by atoms with Crippen LogP contribution in [0.2, 0.25) is 0 Å². The van der Waals surface area contributed by atoms with E-state index >= 15 is 0 Å². The molecule has 2 N–H and O–H groups in total. The second kappa shape index (κ2) is 8.61. The zero-order valence-corrected chi connectivity index (χ0v) is 20.1. The first-order valence-corrected chi connectivity index (χ1v) is 13.0. The quantitative estimate of drug-likeness (QED) is 0.329. The number of carbonyl (C=O) groups excluding carboxylic acids is 1. The van der Waals surface area contributed by atoms with Crippen molar-refractivity contribution in [3.8, 4) is 5.75 Å². The van der Waals surface area contributed by atoms with Crippen LogP contribution in [0.1, 0.15) is 102 Å². The molecule has 3 aliphatic rings. The van der Waals surface area contributed by atoms with E-state index in [0.717, 1.165) is 42.0 Å². The van der Waals surface area contributed by atoms with Crippen molar-refractivity contribution in [3.05, 3.63) is 41.5 Å². The third-order valence-corrected chi connectivity index (χ3v) is 9.07. The smallest absolute Gasteiger partial charge is 0.306 e. The highest BCUT2D eigenvalue weighted by Gasteiger charge is 2.76. The summed E-state index contributed by atoms with van der Waals surface area (Å²) in [5.74, 6) is 0.689. The van der Waals surface area contributed by atoms with E-state index in [1.807, 2.05) is 6.07 Å². The van der Waals surface area contributed by atoms with Gasteiger partial charge >= 0.3 is 5.97 Å². The lowest BCUT2D eigenvalue weighted by Gasteiger charge is -2.46. The van der Waals surface area contributed by atoms with Gasteiger partial charge in [-0.1, -0.05) is 70.6 Å². The maximum absolute atomic E-state index is 12.7. The summed E-state index contributed by atoms with van der Waals surface area (Å²) in [6.45, 7) is 4.46. The van der Waals surface area contributed by atoms with Gasteiger partial charge in [0.25, 0.3) is 0 Å². The Morgan fingerprint density at radius 2 is 1.82 bits per heavy atom. The summed E-state index contributed by atoms with van der Waals surface area (Å²) < 4.78 is 6.11. The molecule has 178 valence electrons. The fraction of sp³-hybridized carbons (Fsp3) is 0.621. The van der Waals surface area contributed by atoms with Crippen LogP contribution in [0.4, 0.5) is 0 Å². The van der Waals surface area contributed by atoms with Crippen molar-refractivity contribution in [2.24, 2.45) is 11.3 Å². The topological polar surface area (TPSA) is 66.8 Å². The molecule has 4 nitrogen and oxygen atoms in total. The van der Waals surface area contributed by atoms with Crippen molar-refractivity contribution >= 4 is 16.7 Å². The summed E-state index contributed by atoms with van der Waals surface area (Å²) >= 11 is 0. The van der Waals surface area contributed by atoms with Gasteiger partial charge in [0.15, 0.2) is 0 Å². The summed E-state index contributed by atoms with van der Waals surface area (Å²) in [6.07, 6.45) is 10.8. The molecule has 0 heterocycles. The number of aromatic hydroxyl groups is 1. The number of hydrogen-bond acceptors (Lipinski definition) is 4. The number of unbranched alkanes of at least 4 members (excludes halogenated alkanes) is 6. The molecule has 0 radical (unpaired) electrons. The molecule has 4 unspecified atom stereocenters. The molecule has 2 fully saturated rings. The van der Waals surface area contributed by atoms with Crippen molar-refractivity contribution in [3.63, 3.8) is 0 Å². The molecular weight excluding hydrogens is 412 g/mol. The molecule has 2 aromatic rings. The maximum Gasteiger partial charge on any atom is 0.306 e. The zero-order valence-electron chi connectivity index (χ0n) is 20.1. The molecule has 0 saturated heterocycles. The monoisotopic (exact) mass is 450 g/mol. The number of esters is 1. The first kappa shape index (κ1) is 22.7. The molecule has 0 aromatic heterocycles. The van der Waals surface area contributed by atoms with Crippen LogP contribution in [-0.2, 0) is 14.9 Å². The largest absolute Gasteiger partial charge is 0.508 e. The van der Waals surface area contributed by atoms with E-state index in [1.54, 1.807) is 12.1 Å². The van der Waals surface area contributed by atoms with Crippen LogP contribution in [0, 0.1) is 11.3 Å². The normalized spacial score (nSPS) is 31.7. The zero-order chi connectivity index (χ0) is 23.2. The van der Waals surface area contributed by atoms with Gasteiger partial charge in [-0.05, 0) is 65.6 Å². The number of carbonyl (C=O) groups is 1. The number of aliphatic hydroxyl groups excluding tert-OH is 1. The fourth-order valence-electron chi connectivity index (χ4n) is 7.29. The highest BCUT2D eigenvalue weighted by molar-refractivity contribution is 5.89. The molecule has 2 aromatic carbocycles. The summed E-state index contributed by atoms with van der Waals surface area (Å²) in [7, 11) is 0. The number of aliphatic hydroxyl groups is 1. The third-order valence-electron chi connectivity index (χ3n) is 9.07. The highest BCUT2D eigenvalue weighted by Crippen LogP contribution is 2.77. The van der Waals surface area contributed by atoms with E-state index in [1.165, 1.54) is 37.7 Å². The van der Waals surface area contributed by atoms with Crippen LogP contribution >= 0.6 is 0 Å². The van der Waals surface area contributed by atoms with Gasteiger partial charge in [-0.25, -0.2) is 0 Å². The van der Waals surface area contributed by atoms with Gasteiger partial charge in [0, 0.05) is 17.3 Å². The van der Waals surface area contributed by atoms with Gasteiger partial charge < -0.3 is 14.9 Å². The molecular formula is C29H38O4. The van der Waals surface area contributed by atoms with Crippen LogP contribution in [0.3, 0.4) is 0 Å². The summed E-state index contributed by atoms with van der Waals surface area (Å²) in [5.41, 5.74) is 2.02. The van der Waals surface area contributed by atoms with Crippen LogP contribution < -0.4 is 0 Å². The van der Waals surface area contributed by atoms with E-state index in [2.05, 4.69) is 26.0 Å². The number of fused-ring (bicyclic) bond motifs is 3. The summed E-state index contributed by atoms with van der Waals surface area (Å²) in [4.78, 5) is 12.7. The van der Waals surface area contributed by atoms with Crippen molar-refractivity contribution in [1.82, 2.24) is 0 Å². The van der Waals surface area contributed by atoms with Crippen LogP contribution in [0.25, 0.3) is 10.8 Å². The standard InChI is InChI=1S/C29H38O4/c1-3-4-5-6-7-8-9-10-26(32)33-25-16-20-17-29(20)23-14-11-19-15-21(30)12-13-22(19)27(23)24(31)18-28(25,29)2/h11-15,20,24-25,30-31H,3-10,16-18H2,1-2H3/t20?,24?,25?,28-,29?/m1/s1. The van der Waals surface area contributed by atoms with E-state index < -0.39 is 6.10 Å². The molecule has 3 aliphatic carbocycles. The van der Waals surface area contributed by atoms with Gasteiger partial charge in [-0.3, -0.25) is 4.79 Å². The lowest BCUT2D eigenvalue weighted by atomic mass is 9.60. The van der Waals surface area contributed by atoms with Gasteiger partial charge in [0.1, 0.15) is 11.9 Å². The number of phenols is 1. The molecule has 0 aliphatic heterocycles. The predicted molar refractivity (Wildman–Crippen MR) is 130 cm³/mol. The Balaban J connectivity index is 1.29. The molecule has 4 heteroatoms. The van der Waals surface area contributed by atoms with Crippen molar-refractivity contribution < 1.29 is 19.7 Å². The number of phenolic OH excluding ortho intramolecular Hbond substituents is 1. The average molecular weight is 451 g/mol. The minimum atomic E-state index is -0.590. The van der Waals surface area contributed by atoms with Crippen molar-refractivity contribution in [2.45, 2.75) is 102 Å². The molecule has 5 atom stereocenters. The van der Waals surface area contributed by atoms with E-state index in [0.29, 0.717) is 18.8 Å². The molecule has 0 amide bonds. The molecule has 33 heavy (non-hydrogen) atoms. The second-order valence-corrected chi connectivity index (χ2v) is 11.0. The molecule has 5 rings (SSSR count). The van der Waals surface area contributed by atoms with Gasteiger partial charge in [0.05, 0.1) is 6.10 Å². The van der Waals surface area contributed by atoms with Crippen LogP contribution in [-0.4, -0.2) is 22.3 Å². The van der Waals surface area contributed by atoms with E-state index in [9.17, 15) is 15.0 Å².